The molecule has 1 aromatic heterocycles. The van der Waals surface area contributed by atoms with Crippen molar-refractivity contribution in [2.24, 2.45) is 0 Å². The predicted molar refractivity (Wildman–Crippen MR) is 43.3 cm³/mol. The topological polar surface area (TPSA) is 44.1 Å². The number of rotatable bonds is 3. The highest BCUT2D eigenvalue weighted by Gasteiger charge is 2.07. The molecular weight excluding hydrogens is 156 g/mol. The molecule has 66 valence electrons. The van der Waals surface area contributed by atoms with E-state index in [1.165, 1.54) is 0 Å². The van der Waals surface area contributed by atoms with Crippen molar-refractivity contribution >= 4 is 5.97 Å². The lowest BCUT2D eigenvalue weighted by Crippen LogP contribution is -2.12. The van der Waals surface area contributed by atoms with Gasteiger partial charge in [0.1, 0.15) is 0 Å². The highest BCUT2D eigenvalue weighted by molar-refractivity contribution is 5.68. The maximum atomic E-state index is 10.9. The zero-order valence-electron chi connectivity index (χ0n) is 7.23. The van der Waals surface area contributed by atoms with Crippen LogP contribution in [0.15, 0.2) is 18.7 Å². The Kier molecular flexibility index (Phi) is 2.85. The van der Waals surface area contributed by atoms with Crippen molar-refractivity contribution in [3.63, 3.8) is 0 Å². The third-order valence-electron chi connectivity index (χ3n) is 1.54. The molecule has 0 saturated heterocycles. The van der Waals surface area contributed by atoms with Gasteiger partial charge in [0.05, 0.1) is 6.33 Å². The maximum Gasteiger partial charge on any atom is 0.307 e. The molecule has 1 rings (SSSR count). The first kappa shape index (κ1) is 8.77. The summed E-state index contributed by atoms with van der Waals surface area (Å²) in [6, 6.07) is 0. The molecule has 0 bridgehead atoms. The lowest BCUT2D eigenvalue weighted by Gasteiger charge is -2.12. The second kappa shape index (κ2) is 3.90. The van der Waals surface area contributed by atoms with Crippen LogP contribution in [0.2, 0.25) is 0 Å². The molecular formula is C8H12N2O2. The minimum atomic E-state index is -0.264. The molecule has 0 N–H and O–H groups in total. The Hall–Kier alpha value is -1.32. The van der Waals surface area contributed by atoms with E-state index in [-0.39, 0.29) is 12.2 Å². The summed E-state index contributed by atoms with van der Waals surface area (Å²) in [4.78, 5) is 14.7. The van der Waals surface area contributed by atoms with E-state index in [9.17, 15) is 4.79 Å². The molecule has 0 fully saturated rings. The Morgan fingerprint density at radius 2 is 2.50 bits per heavy atom. The first-order valence-electron chi connectivity index (χ1n) is 3.91. The third-order valence-corrected chi connectivity index (χ3v) is 1.54. The summed E-state index contributed by atoms with van der Waals surface area (Å²) in [5.41, 5.74) is 0. The first-order chi connectivity index (χ1) is 5.74. The Morgan fingerprint density at radius 3 is 3.00 bits per heavy atom. The standard InChI is InChI=1S/C8H12N2O2/c1-3-8(11)12-7(2)10-5-4-9-6-10/h4-7H,3H2,1-2H3. The number of hydrogen-bond acceptors (Lipinski definition) is 3. The number of ether oxygens (including phenoxy) is 1. The van der Waals surface area contributed by atoms with Crippen LogP contribution in [-0.4, -0.2) is 15.5 Å². The van der Waals surface area contributed by atoms with Gasteiger partial charge in [-0.15, -0.1) is 0 Å². The smallest absolute Gasteiger partial charge is 0.307 e. The van der Waals surface area contributed by atoms with Crippen LogP contribution < -0.4 is 0 Å². The molecule has 1 atom stereocenters. The van der Waals surface area contributed by atoms with Gasteiger partial charge in [0, 0.05) is 18.8 Å². The number of carbonyl (C=O) groups excluding carboxylic acids is 1. The second-order valence-corrected chi connectivity index (χ2v) is 2.45. The highest BCUT2D eigenvalue weighted by Crippen LogP contribution is 2.06. The summed E-state index contributed by atoms with van der Waals surface area (Å²) in [6.07, 6.45) is 5.16. The maximum absolute atomic E-state index is 10.9. The second-order valence-electron chi connectivity index (χ2n) is 2.45. The quantitative estimate of drug-likeness (QED) is 0.640. The van der Waals surface area contributed by atoms with Gasteiger partial charge in [-0.3, -0.25) is 4.79 Å². The lowest BCUT2D eigenvalue weighted by molar-refractivity contribution is -0.152. The van der Waals surface area contributed by atoms with Gasteiger partial charge in [0.25, 0.3) is 0 Å². The highest BCUT2D eigenvalue weighted by atomic mass is 16.6. The van der Waals surface area contributed by atoms with Crippen molar-refractivity contribution in [2.45, 2.75) is 26.5 Å². The Balaban J connectivity index is 2.49. The molecule has 0 aliphatic rings. The molecule has 1 unspecified atom stereocenters. The van der Waals surface area contributed by atoms with Gasteiger partial charge in [0.15, 0.2) is 6.23 Å². The van der Waals surface area contributed by atoms with Crippen LogP contribution in [0, 0.1) is 0 Å². The van der Waals surface area contributed by atoms with Crippen LogP contribution >= 0.6 is 0 Å². The first-order valence-corrected chi connectivity index (χ1v) is 3.91. The van der Waals surface area contributed by atoms with Crippen molar-refractivity contribution in [1.29, 1.82) is 0 Å². The van der Waals surface area contributed by atoms with Crippen LogP contribution in [0.3, 0.4) is 0 Å². The summed E-state index contributed by atoms with van der Waals surface area (Å²) < 4.78 is 6.76. The van der Waals surface area contributed by atoms with E-state index < -0.39 is 0 Å². The van der Waals surface area contributed by atoms with Gasteiger partial charge < -0.3 is 9.30 Å². The van der Waals surface area contributed by atoms with Crippen molar-refractivity contribution in [3.05, 3.63) is 18.7 Å². The summed E-state index contributed by atoms with van der Waals surface area (Å²) >= 11 is 0. The van der Waals surface area contributed by atoms with Gasteiger partial charge in [-0.05, 0) is 6.92 Å². The van der Waals surface area contributed by atoms with Gasteiger partial charge in [-0.1, -0.05) is 6.92 Å². The van der Waals surface area contributed by atoms with E-state index in [2.05, 4.69) is 4.98 Å². The molecule has 0 radical (unpaired) electrons. The molecule has 0 aromatic carbocycles. The van der Waals surface area contributed by atoms with E-state index >= 15 is 0 Å². The molecule has 0 spiro atoms. The van der Waals surface area contributed by atoms with Crippen molar-refractivity contribution < 1.29 is 9.53 Å². The molecule has 4 nitrogen and oxygen atoms in total. The molecule has 0 aliphatic heterocycles. The molecule has 0 amide bonds. The zero-order valence-corrected chi connectivity index (χ0v) is 7.23. The SMILES string of the molecule is CCC(=O)OC(C)n1ccnc1. The normalized spacial score (nSPS) is 12.5. The predicted octanol–water partition coefficient (Wildman–Crippen LogP) is 1.35. The number of carbonyl (C=O) groups is 1. The van der Waals surface area contributed by atoms with Crippen molar-refractivity contribution in [1.82, 2.24) is 9.55 Å². The zero-order chi connectivity index (χ0) is 8.97. The summed E-state index contributed by atoms with van der Waals surface area (Å²) in [5, 5.41) is 0. The third kappa shape index (κ3) is 2.08. The van der Waals surface area contributed by atoms with Gasteiger partial charge in [-0.2, -0.15) is 0 Å². The number of aromatic nitrogens is 2. The van der Waals surface area contributed by atoms with E-state index in [0.717, 1.165) is 0 Å². The molecule has 0 aliphatic carbocycles. The fraction of sp³-hybridized carbons (Fsp3) is 0.500. The average molecular weight is 168 g/mol. The minimum absolute atomic E-state index is 0.198. The van der Waals surface area contributed by atoms with E-state index in [0.29, 0.717) is 6.42 Å². The van der Waals surface area contributed by atoms with Crippen LogP contribution in [0.25, 0.3) is 0 Å². The number of imidazole rings is 1. The van der Waals surface area contributed by atoms with Crippen molar-refractivity contribution in [2.75, 3.05) is 0 Å². The van der Waals surface area contributed by atoms with Crippen molar-refractivity contribution in [3.8, 4) is 0 Å². The molecule has 0 saturated carbocycles. The Labute approximate surface area is 71.2 Å². The molecule has 1 heterocycles. The summed E-state index contributed by atoms with van der Waals surface area (Å²) in [5.74, 6) is -0.198. The van der Waals surface area contributed by atoms with E-state index in [1.54, 1.807) is 37.1 Å². The van der Waals surface area contributed by atoms with Gasteiger partial charge >= 0.3 is 5.97 Å². The average Bonchev–Trinajstić information content (AvgIpc) is 2.56. The monoisotopic (exact) mass is 168 g/mol. The Morgan fingerprint density at radius 1 is 1.75 bits per heavy atom. The lowest BCUT2D eigenvalue weighted by atomic mass is 10.5. The van der Waals surface area contributed by atoms with Crippen LogP contribution in [-0.2, 0) is 9.53 Å². The fourth-order valence-corrected chi connectivity index (χ4v) is 0.819. The molecule has 12 heavy (non-hydrogen) atoms. The summed E-state index contributed by atoms with van der Waals surface area (Å²) in [7, 11) is 0. The largest absolute Gasteiger partial charge is 0.441 e. The van der Waals surface area contributed by atoms with Gasteiger partial charge in [0.2, 0.25) is 0 Å². The molecule has 4 heteroatoms. The van der Waals surface area contributed by atoms with Crippen LogP contribution in [0.1, 0.15) is 26.5 Å². The van der Waals surface area contributed by atoms with E-state index in [1.807, 2.05) is 0 Å². The number of esters is 1. The van der Waals surface area contributed by atoms with Crippen LogP contribution in [0.4, 0.5) is 0 Å². The Bertz CT molecular complexity index is 244. The molecule has 1 aromatic rings. The van der Waals surface area contributed by atoms with Crippen LogP contribution in [0.5, 0.6) is 0 Å². The van der Waals surface area contributed by atoms with E-state index in [4.69, 9.17) is 4.74 Å². The fourth-order valence-electron chi connectivity index (χ4n) is 0.819. The van der Waals surface area contributed by atoms with Gasteiger partial charge in [-0.25, -0.2) is 4.98 Å². The number of hydrogen-bond donors (Lipinski definition) is 0. The minimum Gasteiger partial charge on any atom is -0.441 e. The number of nitrogens with zero attached hydrogens (tertiary/aromatic N) is 2. The summed E-state index contributed by atoms with van der Waals surface area (Å²) in [6.45, 7) is 3.57.